The second-order valence-electron chi connectivity index (χ2n) is 4.99. The predicted molar refractivity (Wildman–Crippen MR) is 77.2 cm³/mol. The van der Waals surface area contributed by atoms with Crippen LogP contribution in [0.4, 0.5) is 10.1 Å². The van der Waals surface area contributed by atoms with Gasteiger partial charge in [0, 0.05) is 19.3 Å². The molecule has 4 nitrogen and oxygen atoms in total. The van der Waals surface area contributed by atoms with Crippen molar-refractivity contribution in [3.05, 3.63) is 53.8 Å². The fourth-order valence-corrected chi connectivity index (χ4v) is 2.30. The standard InChI is InChI=1S/C16H16FNO3/c1-18(13-4-2-3-12(17)8-13)9-14(19)11-5-6-15-16(7-11)21-10-20-15/h2-8,14,19H,9-10H2,1H3. The lowest BCUT2D eigenvalue weighted by Gasteiger charge is -2.23. The van der Waals surface area contributed by atoms with Crippen LogP contribution in [0.1, 0.15) is 11.7 Å². The average Bonchev–Trinajstić information content (AvgIpc) is 2.94. The van der Waals surface area contributed by atoms with E-state index in [1.807, 2.05) is 7.05 Å². The van der Waals surface area contributed by atoms with E-state index in [1.54, 1.807) is 35.2 Å². The topological polar surface area (TPSA) is 41.9 Å². The molecule has 1 heterocycles. The molecule has 1 N–H and O–H groups in total. The lowest BCUT2D eigenvalue weighted by Crippen LogP contribution is -2.24. The first-order valence-electron chi connectivity index (χ1n) is 6.68. The van der Waals surface area contributed by atoms with E-state index >= 15 is 0 Å². The first kappa shape index (κ1) is 13.7. The minimum Gasteiger partial charge on any atom is -0.454 e. The van der Waals surface area contributed by atoms with Crippen molar-refractivity contribution in [3.63, 3.8) is 0 Å². The van der Waals surface area contributed by atoms with Gasteiger partial charge in [-0.25, -0.2) is 4.39 Å². The molecule has 1 atom stereocenters. The minimum absolute atomic E-state index is 0.206. The molecule has 0 radical (unpaired) electrons. The number of aliphatic hydroxyl groups excluding tert-OH is 1. The van der Waals surface area contributed by atoms with Crippen molar-refractivity contribution < 1.29 is 19.0 Å². The van der Waals surface area contributed by atoms with E-state index in [1.165, 1.54) is 12.1 Å². The zero-order chi connectivity index (χ0) is 14.8. The third kappa shape index (κ3) is 2.92. The number of rotatable bonds is 4. The van der Waals surface area contributed by atoms with Gasteiger partial charge in [-0.2, -0.15) is 0 Å². The smallest absolute Gasteiger partial charge is 0.231 e. The largest absolute Gasteiger partial charge is 0.454 e. The van der Waals surface area contributed by atoms with Gasteiger partial charge in [-0.1, -0.05) is 12.1 Å². The van der Waals surface area contributed by atoms with E-state index in [9.17, 15) is 9.50 Å². The van der Waals surface area contributed by atoms with E-state index in [2.05, 4.69) is 0 Å². The SMILES string of the molecule is CN(CC(O)c1ccc2c(c1)OCO2)c1cccc(F)c1. The molecule has 2 aromatic rings. The molecule has 1 aliphatic heterocycles. The van der Waals surface area contributed by atoms with Crippen LogP contribution >= 0.6 is 0 Å². The van der Waals surface area contributed by atoms with Gasteiger partial charge in [-0.05, 0) is 35.9 Å². The quantitative estimate of drug-likeness (QED) is 0.939. The summed E-state index contributed by atoms with van der Waals surface area (Å²) in [4.78, 5) is 1.80. The third-order valence-electron chi connectivity index (χ3n) is 3.48. The summed E-state index contributed by atoms with van der Waals surface area (Å²) in [7, 11) is 1.81. The Labute approximate surface area is 122 Å². The fourth-order valence-electron chi connectivity index (χ4n) is 2.30. The van der Waals surface area contributed by atoms with Gasteiger partial charge in [-0.3, -0.25) is 0 Å². The van der Waals surface area contributed by atoms with Gasteiger partial charge in [0.1, 0.15) is 5.82 Å². The van der Waals surface area contributed by atoms with Crippen molar-refractivity contribution in [1.29, 1.82) is 0 Å². The van der Waals surface area contributed by atoms with E-state index in [0.717, 1.165) is 11.3 Å². The first-order chi connectivity index (χ1) is 10.1. The number of anilines is 1. The Morgan fingerprint density at radius 3 is 2.81 bits per heavy atom. The zero-order valence-corrected chi connectivity index (χ0v) is 11.6. The Hall–Kier alpha value is -2.27. The average molecular weight is 289 g/mol. The lowest BCUT2D eigenvalue weighted by molar-refractivity contribution is 0.172. The number of nitrogens with zero attached hydrogens (tertiary/aromatic N) is 1. The van der Waals surface area contributed by atoms with E-state index < -0.39 is 6.10 Å². The molecule has 3 rings (SSSR count). The van der Waals surface area contributed by atoms with Gasteiger partial charge < -0.3 is 19.5 Å². The molecule has 21 heavy (non-hydrogen) atoms. The Balaban J connectivity index is 1.72. The fraction of sp³-hybridized carbons (Fsp3) is 0.250. The van der Waals surface area contributed by atoms with Crippen LogP contribution in [0.15, 0.2) is 42.5 Å². The highest BCUT2D eigenvalue weighted by molar-refractivity contribution is 5.47. The molecule has 0 amide bonds. The van der Waals surface area contributed by atoms with Crippen LogP contribution in [0.3, 0.4) is 0 Å². The highest BCUT2D eigenvalue weighted by Gasteiger charge is 2.17. The number of hydrogen-bond donors (Lipinski definition) is 1. The van der Waals surface area contributed by atoms with Crippen LogP contribution in [0, 0.1) is 5.82 Å². The van der Waals surface area contributed by atoms with Gasteiger partial charge in [0.15, 0.2) is 11.5 Å². The summed E-state index contributed by atoms with van der Waals surface area (Å²) in [6, 6.07) is 11.6. The number of hydrogen-bond acceptors (Lipinski definition) is 4. The van der Waals surface area contributed by atoms with Crippen molar-refractivity contribution in [2.75, 3.05) is 25.3 Å². The lowest BCUT2D eigenvalue weighted by atomic mass is 10.1. The second kappa shape index (κ2) is 5.61. The van der Waals surface area contributed by atoms with Crippen LogP contribution < -0.4 is 14.4 Å². The molecule has 1 unspecified atom stereocenters. The Morgan fingerprint density at radius 2 is 2.00 bits per heavy atom. The summed E-state index contributed by atoms with van der Waals surface area (Å²) in [5.41, 5.74) is 1.46. The summed E-state index contributed by atoms with van der Waals surface area (Å²) in [5.74, 6) is 1.03. The maximum absolute atomic E-state index is 13.2. The number of benzene rings is 2. The Morgan fingerprint density at radius 1 is 1.19 bits per heavy atom. The first-order valence-corrected chi connectivity index (χ1v) is 6.68. The Kier molecular flexibility index (Phi) is 3.66. The number of halogens is 1. The summed E-state index contributed by atoms with van der Waals surface area (Å²) in [5, 5.41) is 10.3. The molecule has 0 aromatic heterocycles. The van der Waals surface area contributed by atoms with Crippen LogP contribution in [-0.2, 0) is 0 Å². The number of fused-ring (bicyclic) bond motifs is 1. The number of likely N-dealkylation sites (N-methyl/N-ethyl adjacent to an activating group) is 1. The van der Waals surface area contributed by atoms with Crippen molar-refractivity contribution in [2.24, 2.45) is 0 Å². The van der Waals surface area contributed by atoms with Crippen LogP contribution in [-0.4, -0.2) is 25.5 Å². The zero-order valence-electron chi connectivity index (χ0n) is 11.6. The monoisotopic (exact) mass is 289 g/mol. The molecule has 0 aliphatic carbocycles. The molecule has 2 aromatic carbocycles. The molecule has 0 fully saturated rings. The van der Waals surface area contributed by atoms with Gasteiger partial charge >= 0.3 is 0 Å². The van der Waals surface area contributed by atoms with E-state index in [4.69, 9.17) is 9.47 Å². The highest BCUT2D eigenvalue weighted by atomic mass is 19.1. The molecule has 110 valence electrons. The third-order valence-corrected chi connectivity index (χ3v) is 3.48. The number of ether oxygens (including phenoxy) is 2. The maximum Gasteiger partial charge on any atom is 0.231 e. The van der Waals surface area contributed by atoms with E-state index in [0.29, 0.717) is 18.0 Å². The molecule has 0 spiro atoms. The molecule has 0 saturated carbocycles. The second-order valence-corrected chi connectivity index (χ2v) is 4.99. The molecule has 0 saturated heterocycles. The molecule has 0 bridgehead atoms. The Bertz CT molecular complexity index is 647. The molecule has 5 heteroatoms. The van der Waals surface area contributed by atoms with Crippen molar-refractivity contribution in [3.8, 4) is 11.5 Å². The molecule has 1 aliphatic rings. The van der Waals surface area contributed by atoms with Crippen molar-refractivity contribution in [2.45, 2.75) is 6.10 Å². The van der Waals surface area contributed by atoms with Crippen molar-refractivity contribution in [1.82, 2.24) is 0 Å². The molecular formula is C16H16FNO3. The predicted octanol–water partition coefficient (Wildman–Crippen LogP) is 2.72. The van der Waals surface area contributed by atoms with Gasteiger partial charge in [0.05, 0.1) is 6.10 Å². The normalized spacial score (nSPS) is 14.0. The summed E-state index contributed by atoms with van der Waals surface area (Å²) in [6.07, 6.45) is -0.701. The van der Waals surface area contributed by atoms with Crippen LogP contribution in [0.2, 0.25) is 0 Å². The van der Waals surface area contributed by atoms with Crippen LogP contribution in [0.25, 0.3) is 0 Å². The maximum atomic E-state index is 13.2. The molecular weight excluding hydrogens is 273 g/mol. The number of aliphatic hydroxyl groups is 1. The summed E-state index contributed by atoms with van der Waals surface area (Å²) < 4.78 is 23.8. The summed E-state index contributed by atoms with van der Waals surface area (Å²) in [6.45, 7) is 0.557. The van der Waals surface area contributed by atoms with Crippen LogP contribution in [0.5, 0.6) is 11.5 Å². The van der Waals surface area contributed by atoms with Gasteiger partial charge in [-0.15, -0.1) is 0 Å². The summed E-state index contributed by atoms with van der Waals surface area (Å²) >= 11 is 0. The highest BCUT2D eigenvalue weighted by Crippen LogP contribution is 2.34. The minimum atomic E-state index is -0.701. The van der Waals surface area contributed by atoms with E-state index in [-0.39, 0.29) is 12.6 Å². The van der Waals surface area contributed by atoms with Crippen molar-refractivity contribution >= 4 is 5.69 Å². The van der Waals surface area contributed by atoms with Gasteiger partial charge in [0.25, 0.3) is 0 Å². The van der Waals surface area contributed by atoms with Gasteiger partial charge in [0.2, 0.25) is 6.79 Å².